The minimum absolute atomic E-state index is 0.0895. The van der Waals surface area contributed by atoms with E-state index >= 15 is 0 Å². The zero-order valence-corrected chi connectivity index (χ0v) is 13.7. The Hall–Kier alpha value is -2.14. The number of carbonyl (C=O) groups excluding carboxylic acids is 1. The van der Waals surface area contributed by atoms with E-state index in [1.54, 1.807) is 17.3 Å². The van der Waals surface area contributed by atoms with Crippen LogP contribution < -0.4 is 4.90 Å². The molecule has 0 aromatic carbocycles. The Morgan fingerprint density at radius 2 is 2.04 bits per heavy atom. The number of carbonyl (C=O) groups is 1. The number of nitrogens with zero attached hydrogens (tertiary/aromatic N) is 2. The normalized spacial score (nSPS) is 19.9. The summed E-state index contributed by atoms with van der Waals surface area (Å²) in [7, 11) is 0. The van der Waals surface area contributed by atoms with Gasteiger partial charge in [0.15, 0.2) is 5.76 Å². The van der Waals surface area contributed by atoms with Crippen LogP contribution in [0.25, 0.3) is 0 Å². The molecule has 3 heterocycles. The molecule has 5 nitrogen and oxygen atoms in total. The second-order valence-corrected chi connectivity index (χ2v) is 6.52. The molecular formula is C19H22N2O3. The summed E-state index contributed by atoms with van der Waals surface area (Å²) >= 11 is 0. The van der Waals surface area contributed by atoms with Gasteiger partial charge in [0.25, 0.3) is 5.91 Å². The molecule has 1 unspecified atom stereocenters. The van der Waals surface area contributed by atoms with Crippen molar-refractivity contribution in [3.63, 3.8) is 0 Å². The number of fused-ring (bicyclic) bond motifs is 1. The first-order chi connectivity index (χ1) is 11.8. The summed E-state index contributed by atoms with van der Waals surface area (Å²) in [6.45, 7) is 1.33. The van der Waals surface area contributed by atoms with E-state index in [-0.39, 0.29) is 12.0 Å². The van der Waals surface area contributed by atoms with E-state index in [9.17, 15) is 4.79 Å². The average molecular weight is 326 g/mol. The topological polar surface area (TPSA) is 55.6 Å². The Morgan fingerprint density at radius 3 is 2.79 bits per heavy atom. The van der Waals surface area contributed by atoms with Crippen LogP contribution >= 0.6 is 0 Å². The quantitative estimate of drug-likeness (QED) is 0.864. The number of rotatable bonds is 4. The Bertz CT molecular complexity index is 681. The third kappa shape index (κ3) is 3.08. The fraction of sp³-hybridized carbons (Fsp3) is 0.474. The van der Waals surface area contributed by atoms with E-state index < -0.39 is 0 Å². The monoisotopic (exact) mass is 326 g/mol. The van der Waals surface area contributed by atoms with Crippen LogP contribution in [-0.2, 0) is 17.6 Å². The molecule has 2 aromatic heterocycles. The van der Waals surface area contributed by atoms with Gasteiger partial charge in [-0.05, 0) is 55.9 Å². The fourth-order valence-electron chi connectivity index (χ4n) is 3.55. The minimum Gasteiger partial charge on any atom is -0.456 e. The minimum atomic E-state index is -0.0916. The number of aryl methyl sites for hydroxylation is 2. The lowest BCUT2D eigenvalue weighted by molar-refractivity contribution is 0.0893. The highest BCUT2D eigenvalue weighted by Gasteiger charge is 2.28. The Balaban J connectivity index is 1.61. The van der Waals surface area contributed by atoms with Crippen molar-refractivity contribution in [1.82, 2.24) is 4.98 Å². The SMILES string of the molecule is O=C(c1cc2c(o1)CCCC2)N(CC1CCCO1)c1ccncc1. The van der Waals surface area contributed by atoms with Crippen LogP contribution in [0.2, 0.25) is 0 Å². The molecule has 126 valence electrons. The summed E-state index contributed by atoms with van der Waals surface area (Å²) in [5.41, 5.74) is 2.02. The van der Waals surface area contributed by atoms with Gasteiger partial charge in [-0.2, -0.15) is 0 Å². The van der Waals surface area contributed by atoms with Crippen molar-refractivity contribution in [3.8, 4) is 0 Å². The summed E-state index contributed by atoms with van der Waals surface area (Å²) in [4.78, 5) is 18.9. The van der Waals surface area contributed by atoms with Gasteiger partial charge in [0, 0.05) is 31.1 Å². The fourth-order valence-corrected chi connectivity index (χ4v) is 3.55. The Kier molecular flexibility index (Phi) is 4.34. The number of hydrogen-bond acceptors (Lipinski definition) is 4. The zero-order valence-electron chi connectivity index (χ0n) is 13.7. The molecular weight excluding hydrogens is 304 g/mol. The van der Waals surface area contributed by atoms with Crippen molar-refractivity contribution in [1.29, 1.82) is 0 Å². The molecule has 4 rings (SSSR count). The standard InChI is InChI=1S/C19H22N2O3/c22-19(18-12-14-4-1-2-6-17(14)24-18)21(13-16-5-3-11-23-16)15-7-9-20-10-8-15/h7-10,12,16H,1-6,11,13H2. The second kappa shape index (κ2) is 6.77. The van der Waals surface area contributed by atoms with E-state index in [4.69, 9.17) is 9.15 Å². The second-order valence-electron chi connectivity index (χ2n) is 6.52. The number of furan rings is 1. The van der Waals surface area contributed by atoms with Crippen molar-refractivity contribution >= 4 is 11.6 Å². The van der Waals surface area contributed by atoms with E-state index in [0.717, 1.165) is 50.2 Å². The highest BCUT2D eigenvalue weighted by atomic mass is 16.5. The molecule has 0 spiro atoms. The van der Waals surface area contributed by atoms with Crippen LogP contribution in [0.5, 0.6) is 0 Å². The summed E-state index contributed by atoms with van der Waals surface area (Å²) in [6.07, 6.45) is 9.80. The van der Waals surface area contributed by atoms with Gasteiger partial charge in [-0.3, -0.25) is 9.78 Å². The maximum atomic E-state index is 13.1. The molecule has 0 saturated carbocycles. The maximum Gasteiger partial charge on any atom is 0.294 e. The predicted molar refractivity (Wildman–Crippen MR) is 90.2 cm³/mol. The molecule has 1 aliphatic carbocycles. The van der Waals surface area contributed by atoms with Crippen molar-refractivity contribution < 1.29 is 13.9 Å². The largest absolute Gasteiger partial charge is 0.456 e. The summed E-state index contributed by atoms with van der Waals surface area (Å²) in [6, 6.07) is 5.64. The number of amides is 1. The van der Waals surface area contributed by atoms with Crippen LogP contribution in [0.3, 0.4) is 0 Å². The summed E-state index contributed by atoms with van der Waals surface area (Å²) in [5.74, 6) is 1.33. The van der Waals surface area contributed by atoms with Gasteiger partial charge in [-0.15, -0.1) is 0 Å². The van der Waals surface area contributed by atoms with Crippen LogP contribution in [0, 0.1) is 0 Å². The van der Waals surface area contributed by atoms with Gasteiger partial charge in [-0.25, -0.2) is 0 Å². The molecule has 5 heteroatoms. The van der Waals surface area contributed by atoms with E-state index in [1.165, 1.54) is 12.0 Å². The Morgan fingerprint density at radius 1 is 1.21 bits per heavy atom. The zero-order chi connectivity index (χ0) is 16.4. The molecule has 24 heavy (non-hydrogen) atoms. The number of anilines is 1. The van der Waals surface area contributed by atoms with Gasteiger partial charge in [0.2, 0.25) is 0 Å². The molecule has 0 radical (unpaired) electrons. The van der Waals surface area contributed by atoms with Gasteiger partial charge in [0.1, 0.15) is 5.76 Å². The average Bonchev–Trinajstić information content (AvgIpc) is 3.29. The Labute approximate surface area is 141 Å². The van der Waals surface area contributed by atoms with Crippen LogP contribution in [-0.4, -0.2) is 30.1 Å². The van der Waals surface area contributed by atoms with E-state index in [1.807, 2.05) is 18.2 Å². The summed E-state index contributed by atoms with van der Waals surface area (Å²) in [5, 5.41) is 0. The van der Waals surface area contributed by atoms with Gasteiger partial charge in [-0.1, -0.05) is 0 Å². The molecule has 1 amide bonds. The first-order valence-electron chi connectivity index (χ1n) is 8.76. The van der Waals surface area contributed by atoms with Gasteiger partial charge < -0.3 is 14.1 Å². The lowest BCUT2D eigenvalue weighted by Crippen LogP contribution is -2.37. The first kappa shape index (κ1) is 15.4. The highest BCUT2D eigenvalue weighted by Crippen LogP contribution is 2.27. The third-order valence-corrected chi connectivity index (χ3v) is 4.84. The molecule has 1 fully saturated rings. The predicted octanol–water partition coefficient (Wildman–Crippen LogP) is 3.38. The van der Waals surface area contributed by atoms with Crippen LogP contribution in [0.15, 0.2) is 35.0 Å². The molecule has 1 saturated heterocycles. The van der Waals surface area contributed by atoms with Crippen molar-refractivity contribution in [2.75, 3.05) is 18.1 Å². The van der Waals surface area contributed by atoms with E-state index in [2.05, 4.69) is 4.98 Å². The lowest BCUT2D eigenvalue weighted by atomic mass is 9.99. The van der Waals surface area contributed by atoms with Crippen molar-refractivity contribution in [2.45, 2.75) is 44.6 Å². The van der Waals surface area contributed by atoms with Crippen LogP contribution in [0.1, 0.15) is 47.6 Å². The molecule has 0 N–H and O–H groups in total. The lowest BCUT2D eigenvalue weighted by Gasteiger charge is -2.24. The first-order valence-corrected chi connectivity index (χ1v) is 8.76. The number of aromatic nitrogens is 1. The van der Waals surface area contributed by atoms with E-state index in [0.29, 0.717) is 12.3 Å². The highest BCUT2D eigenvalue weighted by molar-refractivity contribution is 6.04. The molecule has 1 atom stereocenters. The number of ether oxygens (including phenoxy) is 1. The van der Waals surface area contributed by atoms with Gasteiger partial charge >= 0.3 is 0 Å². The molecule has 1 aliphatic heterocycles. The summed E-state index contributed by atoms with van der Waals surface area (Å²) < 4.78 is 11.6. The van der Waals surface area contributed by atoms with Crippen molar-refractivity contribution in [2.24, 2.45) is 0 Å². The third-order valence-electron chi connectivity index (χ3n) is 4.84. The van der Waals surface area contributed by atoms with Crippen LogP contribution in [0.4, 0.5) is 5.69 Å². The van der Waals surface area contributed by atoms with Gasteiger partial charge in [0.05, 0.1) is 12.6 Å². The maximum absolute atomic E-state index is 13.1. The number of pyridine rings is 1. The van der Waals surface area contributed by atoms with Crippen molar-refractivity contribution in [3.05, 3.63) is 47.7 Å². The number of hydrogen-bond donors (Lipinski definition) is 0. The molecule has 2 aromatic rings. The smallest absolute Gasteiger partial charge is 0.294 e. The molecule has 0 bridgehead atoms. The molecule has 2 aliphatic rings.